The van der Waals surface area contributed by atoms with E-state index in [9.17, 15) is 0 Å². The lowest BCUT2D eigenvalue weighted by Gasteiger charge is -2.19. The Kier molecular flexibility index (Phi) is 7.47. The Balaban J connectivity index is 2.12. The second-order valence-corrected chi connectivity index (χ2v) is 5.12. The van der Waals surface area contributed by atoms with E-state index in [4.69, 9.17) is 5.11 Å². The minimum Gasteiger partial charge on any atom is -0.396 e. The molecule has 92 valence electrons. The van der Waals surface area contributed by atoms with Crippen molar-refractivity contribution in [3.63, 3.8) is 0 Å². The third kappa shape index (κ3) is 5.64. The normalized spacial score (nSPS) is 11.2. The van der Waals surface area contributed by atoms with E-state index >= 15 is 0 Å². The van der Waals surface area contributed by atoms with Gasteiger partial charge in [-0.2, -0.15) is 0 Å². The fraction of sp³-hybridized carbons (Fsp3) is 0.692. The molecule has 0 spiro atoms. The quantitative estimate of drug-likeness (QED) is 0.671. The molecule has 16 heavy (non-hydrogen) atoms. The molecule has 0 unspecified atom stereocenters. The molecule has 2 nitrogen and oxygen atoms in total. The maximum atomic E-state index is 8.68. The molecule has 0 saturated carbocycles. The summed E-state index contributed by atoms with van der Waals surface area (Å²) < 4.78 is 0. The van der Waals surface area contributed by atoms with E-state index in [-0.39, 0.29) is 0 Å². The van der Waals surface area contributed by atoms with E-state index in [1.807, 2.05) is 11.3 Å². The summed E-state index contributed by atoms with van der Waals surface area (Å²) >= 11 is 1.84. The Morgan fingerprint density at radius 3 is 2.69 bits per heavy atom. The van der Waals surface area contributed by atoms with Gasteiger partial charge in [0.25, 0.3) is 0 Å². The van der Waals surface area contributed by atoms with Crippen molar-refractivity contribution in [1.82, 2.24) is 4.90 Å². The summed E-state index contributed by atoms with van der Waals surface area (Å²) in [6.07, 6.45) is 4.60. The smallest absolute Gasteiger partial charge is 0.0431 e. The molecule has 0 aliphatic carbocycles. The highest BCUT2D eigenvalue weighted by Crippen LogP contribution is 2.12. The molecule has 0 aromatic carbocycles. The molecule has 0 atom stereocenters. The SMILES string of the molecule is CCN(CCCCCCO)Cc1cccs1. The largest absolute Gasteiger partial charge is 0.396 e. The van der Waals surface area contributed by atoms with Crippen LogP contribution in [-0.4, -0.2) is 29.7 Å². The van der Waals surface area contributed by atoms with Crippen molar-refractivity contribution < 1.29 is 5.11 Å². The van der Waals surface area contributed by atoms with Crippen LogP contribution in [0.3, 0.4) is 0 Å². The lowest BCUT2D eigenvalue weighted by Crippen LogP contribution is -2.23. The van der Waals surface area contributed by atoms with Gasteiger partial charge in [0, 0.05) is 18.0 Å². The van der Waals surface area contributed by atoms with E-state index in [0.717, 1.165) is 25.9 Å². The first kappa shape index (κ1) is 13.7. The van der Waals surface area contributed by atoms with E-state index in [0.29, 0.717) is 6.61 Å². The highest BCUT2D eigenvalue weighted by Gasteiger charge is 2.03. The Labute approximate surface area is 103 Å². The van der Waals surface area contributed by atoms with Crippen LogP contribution < -0.4 is 0 Å². The van der Waals surface area contributed by atoms with Gasteiger partial charge in [0.15, 0.2) is 0 Å². The van der Waals surface area contributed by atoms with Gasteiger partial charge in [0.2, 0.25) is 0 Å². The van der Waals surface area contributed by atoms with Crippen molar-refractivity contribution in [3.05, 3.63) is 22.4 Å². The minimum atomic E-state index is 0.340. The lowest BCUT2D eigenvalue weighted by atomic mass is 10.2. The number of nitrogens with zero attached hydrogens (tertiary/aromatic N) is 1. The van der Waals surface area contributed by atoms with Crippen LogP contribution in [0.15, 0.2) is 17.5 Å². The zero-order chi connectivity index (χ0) is 11.6. The molecule has 1 rings (SSSR count). The van der Waals surface area contributed by atoms with Crippen LogP contribution in [-0.2, 0) is 6.54 Å². The molecule has 0 bridgehead atoms. The third-order valence-electron chi connectivity index (χ3n) is 2.79. The Bertz CT molecular complexity index is 248. The molecule has 0 saturated heterocycles. The van der Waals surface area contributed by atoms with Crippen molar-refractivity contribution in [1.29, 1.82) is 0 Å². The van der Waals surface area contributed by atoms with Gasteiger partial charge in [-0.1, -0.05) is 25.8 Å². The number of aliphatic hydroxyl groups is 1. The van der Waals surface area contributed by atoms with Gasteiger partial charge in [-0.05, 0) is 37.4 Å². The fourth-order valence-corrected chi connectivity index (χ4v) is 2.52. The lowest BCUT2D eigenvalue weighted by molar-refractivity contribution is 0.264. The summed E-state index contributed by atoms with van der Waals surface area (Å²) in [6, 6.07) is 4.33. The summed E-state index contributed by atoms with van der Waals surface area (Å²) in [7, 11) is 0. The number of unbranched alkanes of at least 4 members (excludes halogenated alkanes) is 3. The zero-order valence-electron chi connectivity index (χ0n) is 10.2. The second kappa shape index (κ2) is 8.74. The highest BCUT2D eigenvalue weighted by molar-refractivity contribution is 7.09. The standard InChI is InChI=1S/C13H23NOS/c1-2-14(9-5-3-4-6-10-15)12-13-8-7-11-16-13/h7-8,11,15H,2-6,9-10,12H2,1H3. The Hall–Kier alpha value is -0.380. The van der Waals surface area contributed by atoms with Crippen LogP contribution in [0.5, 0.6) is 0 Å². The van der Waals surface area contributed by atoms with Crippen molar-refractivity contribution >= 4 is 11.3 Å². The van der Waals surface area contributed by atoms with Gasteiger partial charge in [0.05, 0.1) is 0 Å². The van der Waals surface area contributed by atoms with Crippen LogP contribution in [0.2, 0.25) is 0 Å². The molecule has 1 aromatic rings. The molecule has 0 fully saturated rings. The van der Waals surface area contributed by atoms with Crippen LogP contribution in [0.1, 0.15) is 37.5 Å². The average molecular weight is 241 g/mol. The molecule has 0 radical (unpaired) electrons. The third-order valence-corrected chi connectivity index (χ3v) is 3.65. The van der Waals surface area contributed by atoms with Crippen molar-refractivity contribution in [2.45, 2.75) is 39.2 Å². The summed E-state index contributed by atoms with van der Waals surface area (Å²) in [5, 5.41) is 10.8. The van der Waals surface area contributed by atoms with Gasteiger partial charge in [-0.15, -0.1) is 11.3 Å². The van der Waals surface area contributed by atoms with Crippen LogP contribution in [0.4, 0.5) is 0 Å². The molecule has 0 aliphatic heterocycles. The highest BCUT2D eigenvalue weighted by atomic mass is 32.1. The molecular weight excluding hydrogens is 218 g/mol. The van der Waals surface area contributed by atoms with Crippen LogP contribution >= 0.6 is 11.3 Å². The number of rotatable bonds is 9. The summed E-state index contributed by atoms with van der Waals surface area (Å²) in [4.78, 5) is 3.95. The summed E-state index contributed by atoms with van der Waals surface area (Å²) in [5.41, 5.74) is 0. The summed E-state index contributed by atoms with van der Waals surface area (Å²) in [5.74, 6) is 0. The molecule has 3 heteroatoms. The molecule has 0 amide bonds. The van der Waals surface area contributed by atoms with Crippen molar-refractivity contribution in [2.75, 3.05) is 19.7 Å². The van der Waals surface area contributed by atoms with E-state index in [1.165, 1.54) is 24.3 Å². The molecular formula is C13H23NOS. The Morgan fingerprint density at radius 1 is 1.25 bits per heavy atom. The van der Waals surface area contributed by atoms with Gasteiger partial charge in [-0.3, -0.25) is 4.90 Å². The number of hydrogen-bond donors (Lipinski definition) is 1. The topological polar surface area (TPSA) is 23.5 Å². The van der Waals surface area contributed by atoms with Crippen molar-refractivity contribution in [3.8, 4) is 0 Å². The first-order valence-electron chi connectivity index (χ1n) is 6.22. The monoisotopic (exact) mass is 241 g/mol. The predicted octanol–water partition coefficient (Wildman–Crippen LogP) is 3.12. The molecule has 0 aliphatic rings. The van der Waals surface area contributed by atoms with Gasteiger partial charge < -0.3 is 5.11 Å². The van der Waals surface area contributed by atoms with E-state index < -0.39 is 0 Å². The average Bonchev–Trinajstić information content (AvgIpc) is 2.80. The van der Waals surface area contributed by atoms with Crippen LogP contribution in [0, 0.1) is 0 Å². The minimum absolute atomic E-state index is 0.340. The number of thiophene rings is 1. The van der Waals surface area contributed by atoms with E-state index in [2.05, 4.69) is 29.3 Å². The maximum Gasteiger partial charge on any atom is 0.0431 e. The van der Waals surface area contributed by atoms with E-state index in [1.54, 1.807) is 0 Å². The first-order valence-corrected chi connectivity index (χ1v) is 7.10. The molecule has 1 aromatic heterocycles. The summed E-state index contributed by atoms with van der Waals surface area (Å²) in [6.45, 7) is 5.96. The van der Waals surface area contributed by atoms with Crippen LogP contribution in [0.25, 0.3) is 0 Å². The van der Waals surface area contributed by atoms with Gasteiger partial charge >= 0.3 is 0 Å². The maximum absolute atomic E-state index is 8.68. The molecule has 1 N–H and O–H groups in total. The first-order chi connectivity index (χ1) is 7.86. The molecule has 1 heterocycles. The second-order valence-electron chi connectivity index (χ2n) is 4.09. The zero-order valence-corrected chi connectivity index (χ0v) is 11.0. The number of aliphatic hydroxyl groups excluding tert-OH is 1. The number of hydrogen-bond acceptors (Lipinski definition) is 3. The van der Waals surface area contributed by atoms with Gasteiger partial charge in [-0.25, -0.2) is 0 Å². The Morgan fingerprint density at radius 2 is 2.06 bits per heavy atom. The van der Waals surface area contributed by atoms with Gasteiger partial charge in [0.1, 0.15) is 0 Å². The van der Waals surface area contributed by atoms with Crippen molar-refractivity contribution in [2.24, 2.45) is 0 Å². The fourth-order valence-electron chi connectivity index (χ4n) is 1.77. The predicted molar refractivity (Wildman–Crippen MR) is 70.8 cm³/mol.